The number of hydrogen-bond donors (Lipinski definition) is 1. The van der Waals surface area contributed by atoms with Gasteiger partial charge in [-0.2, -0.15) is 0 Å². The topological polar surface area (TPSA) is 40.5 Å². The van der Waals surface area contributed by atoms with Gasteiger partial charge in [-0.1, -0.05) is 0 Å². The minimum atomic E-state index is -0.836. The van der Waals surface area contributed by atoms with Crippen molar-refractivity contribution in [1.82, 2.24) is 4.90 Å². The zero-order valence-corrected chi connectivity index (χ0v) is 5.21. The minimum Gasteiger partial charge on any atom is -0.480 e. The lowest BCUT2D eigenvalue weighted by atomic mass is 10.4. The van der Waals surface area contributed by atoms with Gasteiger partial charge in [0.2, 0.25) is 0 Å². The quantitative estimate of drug-likeness (QED) is 0.582. The molecule has 51 valence electrons. The van der Waals surface area contributed by atoms with E-state index in [1.54, 1.807) is 0 Å². The summed E-state index contributed by atoms with van der Waals surface area (Å²) in [6.45, 7) is 3.08. The van der Waals surface area contributed by atoms with E-state index in [2.05, 4.69) is 0 Å². The molecule has 0 amide bonds. The number of carboxylic acids is 1. The summed E-state index contributed by atoms with van der Waals surface area (Å²) in [5.41, 5.74) is 0. The van der Waals surface area contributed by atoms with Crippen molar-refractivity contribution in [2.45, 2.75) is 12.8 Å². The van der Waals surface area contributed by atoms with Gasteiger partial charge in [0, 0.05) is 0 Å². The third-order valence-corrected chi connectivity index (χ3v) is 1.43. The van der Waals surface area contributed by atoms with E-state index in [-0.39, 0.29) is 0 Å². The molecule has 1 heterocycles. The summed E-state index contributed by atoms with van der Waals surface area (Å²) in [7, 11) is 0. The number of aliphatic carboxylic acids is 1. The van der Waals surface area contributed by atoms with Crippen LogP contribution < -0.4 is 0 Å². The zero-order valence-electron chi connectivity index (χ0n) is 5.21. The second-order valence-corrected chi connectivity index (χ2v) is 2.21. The van der Waals surface area contributed by atoms with Gasteiger partial charge < -0.3 is 5.11 Å². The maximum absolute atomic E-state index is 10.1. The highest BCUT2D eigenvalue weighted by molar-refractivity contribution is 5.75. The van der Waals surface area contributed by atoms with Crippen molar-refractivity contribution < 1.29 is 9.90 Å². The minimum absolute atomic E-state index is 0.836. The molecule has 0 atom stereocenters. The summed E-state index contributed by atoms with van der Waals surface area (Å²) >= 11 is 0. The van der Waals surface area contributed by atoms with Crippen molar-refractivity contribution in [2.75, 3.05) is 13.1 Å². The van der Waals surface area contributed by atoms with Crippen molar-refractivity contribution in [3.63, 3.8) is 0 Å². The number of carbonyl (C=O) groups is 1. The van der Waals surface area contributed by atoms with Crippen LogP contribution in [0.4, 0.5) is 0 Å². The van der Waals surface area contributed by atoms with Gasteiger partial charge in [-0.3, -0.25) is 9.69 Å². The van der Waals surface area contributed by atoms with Crippen molar-refractivity contribution in [3.8, 4) is 0 Å². The van der Waals surface area contributed by atoms with Crippen LogP contribution in [-0.4, -0.2) is 29.1 Å². The predicted molar refractivity (Wildman–Crippen MR) is 32.7 cm³/mol. The number of carboxylic acid groups (broad SMARTS) is 1. The molecule has 0 aromatic rings. The molecule has 1 fully saturated rings. The molecule has 0 aromatic carbocycles. The molecule has 0 saturated carbocycles. The van der Waals surface area contributed by atoms with Crippen LogP contribution in [0, 0.1) is 6.54 Å². The molecule has 3 nitrogen and oxygen atoms in total. The fourth-order valence-electron chi connectivity index (χ4n) is 1.03. The SMILES string of the molecule is O=C(O)[CH]N1CCCC1. The normalized spacial score (nSPS) is 20.4. The van der Waals surface area contributed by atoms with E-state index in [1.807, 2.05) is 4.90 Å². The Balaban J connectivity index is 2.19. The lowest BCUT2D eigenvalue weighted by molar-refractivity contribution is -0.134. The molecule has 9 heavy (non-hydrogen) atoms. The summed E-state index contributed by atoms with van der Waals surface area (Å²) in [6.07, 6.45) is 2.26. The Kier molecular flexibility index (Phi) is 2.05. The Morgan fingerprint density at radius 2 is 2.00 bits per heavy atom. The van der Waals surface area contributed by atoms with Crippen LogP contribution in [0.25, 0.3) is 0 Å². The van der Waals surface area contributed by atoms with E-state index in [0.717, 1.165) is 25.9 Å². The van der Waals surface area contributed by atoms with Gasteiger partial charge in [-0.15, -0.1) is 0 Å². The molecule has 1 aliphatic rings. The lowest BCUT2D eigenvalue weighted by Gasteiger charge is -2.08. The van der Waals surface area contributed by atoms with Crippen LogP contribution in [0.5, 0.6) is 0 Å². The Hall–Kier alpha value is -0.570. The number of hydrogen-bond acceptors (Lipinski definition) is 2. The molecule has 3 heteroatoms. The second kappa shape index (κ2) is 2.82. The maximum Gasteiger partial charge on any atom is 0.323 e. The smallest absolute Gasteiger partial charge is 0.323 e. The molecule has 0 unspecified atom stereocenters. The monoisotopic (exact) mass is 128 g/mol. The standard InChI is InChI=1S/C6H10NO2/c8-6(9)5-7-3-1-2-4-7/h5H,1-4H2,(H,8,9). The molecule has 0 bridgehead atoms. The third-order valence-electron chi connectivity index (χ3n) is 1.43. The average molecular weight is 128 g/mol. The largest absolute Gasteiger partial charge is 0.480 e. The Bertz CT molecular complexity index is 108. The van der Waals surface area contributed by atoms with Crippen molar-refractivity contribution >= 4 is 5.97 Å². The predicted octanol–water partition coefficient (Wildman–Crippen LogP) is 0.329. The van der Waals surface area contributed by atoms with Gasteiger partial charge >= 0.3 is 5.97 Å². The van der Waals surface area contributed by atoms with Gasteiger partial charge in [0.1, 0.15) is 6.54 Å². The average Bonchev–Trinajstić information content (AvgIpc) is 2.15. The van der Waals surface area contributed by atoms with Gasteiger partial charge in [0.25, 0.3) is 0 Å². The molecular formula is C6H10NO2. The van der Waals surface area contributed by atoms with Crippen LogP contribution in [0.3, 0.4) is 0 Å². The first kappa shape index (κ1) is 6.55. The highest BCUT2D eigenvalue weighted by Gasteiger charge is 2.14. The third kappa shape index (κ3) is 2.01. The lowest BCUT2D eigenvalue weighted by Crippen LogP contribution is -2.20. The van der Waals surface area contributed by atoms with E-state index in [4.69, 9.17) is 5.11 Å². The first-order valence-electron chi connectivity index (χ1n) is 3.11. The fraction of sp³-hybridized carbons (Fsp3) is 0.667. The molecule has 0 spiro atoms. The highest BCUT2D eigenvalue weighted by Crippen LogP contribution is 2.07. The van der Waals surface area contributed by atoms with Crippen LogP contribution in [-0.2, 0) is 4.79 Å². The number of nitrogens with zero attached hydrogens (tertiary/aromatic N) is 1. The van der Waals surface area contributed by atoms with Crippen LogP contribution in [0.2, 0.25) is 0 Å². The van der Waals surface area contributed by atoms with E-state index in [9.17, 15) is 4.79 Å². The number of likely N-dealkylation sites (tertiary alicyclic amines) is 1. The van der Waals surface area contributed by atoms with Gasteiger partial charge in [0.05, 0.1) is 0 Å². The molecule has 1 saturated heterocycles. The van der Waals surface area contributed by atoms with E-state index < -0.39 is 5.97 Å². The molecule has 0 aromatic heterocycles. The van der Waals surface area contributed by atoms with Crippen molar-refractivity contribution in [1.29, 1.82) is 0 Å². The van der Waals surface area contributed by atoms with Gasteiger partial charge in [-0.25, -0.2) is 0 Å². The molecule has 1 aliphatic heterocycles. The first-order valence-corrected chi connectivity index (χ1v) is 3.11. The summed E-state index contributed by atoms with van der Waals surface area (Å²) in [6, 6.07) is 0. The Morgan fingerprint density at radius 1 is 1.44 bits per heavy atom. The van der Waals surface area contributed by atoms with E-state index in [0.29, 0.717) is 0 Å². The summed E-state index contributed by atoms with van der Waals surface area (Å²) in [5, 5.41) is 8.28. The maximum atomic E-state index is 10.1. The van der Waals surface area contributed by atoms with Crippen molar-refractivity contribution in [3.05, 3.63) is 6.54 Å². The fourth-order valence-corrected chi connectivity index (χ4v) is 1.03. The second-order valence-electron chi connectivity index (χ2n) is 2.21. The summed E-state index contributed by atoms with van der Waals surface area (Å²) in [5.74, 6) is -0.836. The van der Waals surface area contributed by atoms with E-state index >= 15 is 0 Å². The molecular weight excluding hydrogens is 118 g/mol. The molecule has 1 radical (unpaired) electrons. The Morgan fingerprint density at radius 3 is 2.44 bits per heavy atom. The van der Waals surface area contributed by atoms with Gasteiger partial charge in [-0.05, 0) is 25.9 Å². The molecule has 1 N–H and O–H groups in total. The van der Waals surface area contributed by atoms with Crippen LogP contribution >= 0.6 is 0 Å². The van der Waals surface area contributed by atoms with Crippen LogP contribution in [0.1, 0.15) is 12.8 Å². The zero-order chi connectivity index (χ0) is 6.69. The van der Waals surface area contributed by atoms with Crippen LogP contribution in [0.15, 0.2) is 0 Å². The molecule has 1 rings (SSSR count). The van der Waals surface area contributed by atoms with E-state index in [1.165, 1.54) is 6.54 Å². The van der Waals surface area contributed by atoms with Crippen molar-refractivity contribution in [2.24, 2.45) is 0 Å². The Labute approximate surface area is 54.3 Å². The molecule has 0 aliphatic carbocycles. The summed E-state index contributed by atoms with van der Waals surface area (Å²) in [4.78, 5) is 11.9. The first-order chi connectivity index (χ1) is 4.29. The highest BCUT2D eigenvalue weighted by atomic mass is 16.4. The number of rotatable bonds is 2. The summed E-state index contributed by atoms with van der Waals surface area (Å²) < 4.78 is 0. The van der Waals surface area contributed by atoms with Gasteiger partial charge in [0.15, 0.2) is 0 Å².